The summed E-state index contributed by atoms with van der Waals surface area (Å²) < 4.78 is 31.7. The highest BCUT2D eigenvalue weighted by Crippen LogP contribution is 2.56. The van der Waals surface area contributed by atoms with E-state index in [4.69, 9.17) is 4.74 Å². The number of carbonyl (C=O) groups excluding carboxylic acids is 1. The second kappa shape index (κ2) is 6.10. The maximum Gasteiger partial charge on any atom is 0.339 e. The highest BCUT2D eigenvalue weighted by atomic mass is 19.2. The fraction of sp³-hybridized carbons (Fsp3) is 0.368. The Bertz CT molecular complexity index is 854. The number of pyridine rings is 1. The molecule has 1 fully saturated rings. The summed E-state index contributed by atoms with van der Waals surface area (Å²) in [4.78, 5) is 16.7. The van der Waals surface area contributed by atoms with Gasteiger partial charge in [0.25, 0.3) is 0 Å². The van der Waals surface area contributed by atoms with Crippen LogP contribution in [0.4, 0.5) is 20.3 Å². The number of fused-ring (bicyclic) bond motifs is 5. The summed E-state index contributed by atoms with van der Waals surface area (Å²) in [5, 5.41) is 3.09. The minimum atomic E-state index is -0.911. The maximum absolute atomic E-state index is 13.5. The summed E-state index contributed by atoms with van der Waals surface area (Å²) in [7, 11) is 0. The number of hydrogen-bond donors (Lipinski definition) is 1. The molecule has 130 valence electrons. The van der Waals surface area contributed by atoms with E-state index in [0.29, 0.717) is 35.5 Å². The second-order valence-corrected chi connectivity index (χ2v) is 6.53. The van der Waals surface area contributed by atoms with Crippen LogP contribution in [-0.2, 0) is 4.74 Å². The number of aromatic nitrogens is 1. The van der Waals surface area contributed by atoms with Gasteiger partial charge in [-0.15, -0.1) is 0 Å². The lowest BCUT2D eigenvalue weighted by molar-refractivity contribution is 0.0524. The molecule has 0 amide bonds. The summed E-state index contributed by atoms with van der Waals surface area (Å²) in [5.74, 6) is -0.853. The van der Waals surface area contributed by atoms with Crippen molar-refractivity contribution in [3.8, 4) is 0 Å². The first kappa shape index (κ1) is 16.0. The van der Waals surface area contributed by atoms with Gasteiger partial charge in [-0.3, -0.25) is 0 Å². The molecule has 25 heavy (non-hydrogen) atoms. The van der Waals surface area contributed by atoms with E-state index >= 15 is 0 Å². The van der Waals surface area contributed by atoms with Crippen LogP contribution in [0.25, 0.3) is 0 Å². The molecule has 2 unspecified atom stereocenters. The monoisotopic (exact) mass is 344 g/mol. The van der Waals surface area contributed by atoms with E-state index in [0.717, 1.165) is 42.5 Å². The van der Waals surface area contributed by atoms with Gasteiger partial charge in [0, 0.05) is 23.5 Å². The lowest BCUT2D eigenvalue weighted by atomic mass is 9.89. The minimum Gasteiger partial charge on any atom is -0.462 e. The summed E-state index contributed by atoms with van der Waals surface area (Å²) in [6.45, 7) is 2.09. The Balaban J connectivity index is 1.75. The fourth-order valence-corrected chi connectivity index (χ4v) is 4.08. The standard InChI is InChI=1S/C19H18F2N2O2/c1-2-25-19(24)13-9-22-18(17-11-4-3-10(7-11)16(13)17)23-12-5-6-14(20)15(21)8-12/h5-6,8-11H,2-4,7H2,1H3,(H,22,23). The number of nitrogens with zero attached hydrogens (tertiary/aromatic N) is 1. The predicted octanol–water partition coefficient (Wildman–Crippen LogP) is 4.64. The average molecular weight is 344 g/mol. The summed E-state index contributed by atoms with van der Waals surface area (Å²) in [6.07, 6.45) is 4.64. The first-order valence-electron chi connectivity index (χ1n) is 8.50. The van der Waals surface area contributed by atoms with E-state index in [9.17, 15) is 13.6 Å². The van der Waals surface area contributed by atoms with Crippen LogP contribution in [0.2, 0.25) is 0 Å². The molecule has 2 aliphatic rings. The molecule has 6 heteroatoms. The van der Waals surface area contributed by atoms with Crippen LogP contribution in [-0.4, -0.2) is 17.6 Å². The van der Waals surface area contributed by atoms with E-state index in [1.54, 1.807) is 6.92 Å². The van der Waals surface area contributed by atoms with E-state index in [1.807, 2.05) is 0 Å². The Labute approximate surface area is 144 Å². The van der Waals surface area contributed by atoms with Crippen molar-refractivity contribution in [2.24, 2.45) is 0 Å². The number of hydrogen-bond acceptors (Lipinski definition) is 4. The molecule has 2 aromatic rings. The Morgan fingerprint density at radius 1 is 1.24 bits per heavy atom. The SMILES string of the molecule is CCOC(=O)c1cnc(Nc2ccc(F)c(F)c2)c2c1C1CCC2C1. The van der Waals surface area contributed by atoms with Crippen molar-refractivity contribution < 1.29 is 18.3 Å². The molecule has 0 radical (unpaired) electrons. The van der Waals surface area contributed by atoms with Crippen LogP contribution in [0, 0.1) is 11.6 Å². The smallest absolute Gasteiger partial charge is 0.339 e. The molecular weight excluding hydrogens is 326 g/mol. The van der Waals surface area contributed by atoms with Gasteiger partial charge in [0.15, 0.2) is 11.6 Å². The lowest BCUT2D eigenvalue weighted by Gasteiger charge is -2.21. The molecule has 0 aliphatic heterocycles. The lowest BCUT2D eigenvalue weighted by Crippen LogP contribution is -2.14. The van der Waals surface area contributed by atoms with Gasteiger partial charge in [-0.2, -0.15) is 0 Å². The predicted molar refractivity (Wildman–Crippen MR) is 89.2 cm³/mol. The zero-order valence-electron chi connectivity index (χ0n) is 13.8. The Hall–Kier alpha value is -2.50. The van der Waals surface area contributed by atoms with Crippen molar-refractivity contribution >= 4 is 17.5 Å². The van der Waals surface area contributed by atoms with Crippen molar-refractivity contribution in [3.63, 3.8) is 0 Å². The summed E-state index contributed by atoms with van der Waals surface area (Å²) in [6, 6.07) is 3.66. The number of benzene rings is 1. The number of rotatable bonds is 4. The third-order valence-electron chi connectivity index (χ3n) is 5.09. The van der Waals surface area contributed by atoms with Gasteiger partial charge in [0.05, 0.1) is 12.2 Å². The van der Waals surface area contributed by atoms with Gasteiger partial charge >= 0.3 is 5.97 Å². The van der Waals surface area contributed by atoms with Crippen molar-refractivity contribution in [2.45, 2.75) is 38.0 Å². The highest BCUT2D eigenvalue weighted by molar-refractivity contribution is 5.92. The van der Waals surface area contributed by atoms with Crippen LogP contribution in [0.3, 0.4) is 0 Å². The number of carbonyl (C=O) groups is 1. The van der Waals surface area contributed by atoms with Crippen LogP contribution in [0.1, 0.15) is 59.5 Å². The molecule has 2 atom stereocenters. The van der Waals surface area contributed by atoms with Gasteiger partial charge in [-0.1, -0.05) is 0 Å². The molecule has 0 spiro atoms. The molecule has 4 rings (SSSR count). The quantitative estimate of drug-likeness (QED) is 0.821. The third-order valence-corrected chi connectivity index (χ3v) is 5.09. The molecule has 0 saturated heterocycles. The van der Waals surface area contributed by atoms with Gasteiger partial charge in [0.2, 0.25) is 0 Å². The third kappa shape index (κ3) is 2.65. The van der Waals surface area contributed by atoms with Crippen LogP contribution >= 0.6 is 0 Å². The van der Waals surface area contributed by atoms with Crippen LogP contribution < -0.4 is 5.32 Å². The average Bonchev–Trinajstić information content (AvgIpc) is 3.21. The Morgan fingerprint density at radius 2 is 2.00 bits per heavy atom. The highest BCUT2D eigenvalue weighted by Gasteiger charge is 2.42. The number of nitrogens with one attached hydrogen (secondary N) is 1. The van der Waals surface area contributed by atoms with Crippen molar-refractivity contribution in [2.75, 3.05) is 11.9 Å². The first-order valence-corrected chi connectivity index (χ1v) is 8.50. The van der Waals surface area contributed by atoms with Crippen molar-refractivity contribution in [3.05, 3.63) is 52.7 Å². The van der Waals surface area contributed by atoms with Crippen LogP contribution in [0.5, 0.6) is 0 Å². The first-order chi connectivity index (χ1) is 12.1. The van der Waals surface area contributed by atoms with E-state index < -0.39 is 11.6 Å². The van der Waals surface area contributed by atoms with Gasteiger partial charge in [-0.25, -0.2) is 18.6 Å². The molecule has 1 heterocycles. The normalized spacial score (nSPS) is 20.4. The van der Waals surface area contributed by atoms with Crippen molar-refractivity contribution in [1.29, 1.82) is 0 Å². The van der Waals surface area contributed by atoms with Crippen LogP contribution in [0.15, 0.2) is 24.4 Å². The topological polar surface area (TPSA) is 51.2 Å². The molecule has 1 saturated carbocycles. The Kier molecular flexibility index (Phi) is 3.90. The second-order valence-electron chi connectivity index (χ2n) is 6.53. The van der Waals surface area contributed by atoms with Crippen molar-refractivity contribution in [1.82, 2.24) is 4.98 Å². The fourth-order valence-electron chi connectivity index (χ4n) is 4.08. The molecule has 4 nitrogen and oxygen atoms in total. The Morgan fingerprint density at radius 3 is 2.72 bits per heavy atom. The molecule has 2 aliphatic carbocycles. The van der Waals surface area contributed by atoms with E-state index in [-0.39, 0.29) is 5.97 Å². The molecular formula is C19H18F2N2O2. The van der Waals surface area contributed by atoms with E-state index in [1.165, 1.54) is 12.3 Å². The molecule has 1 aromatic carbocycles. The molecule has 1 N–H and O–H groups in total. The van der Waals surface area contributed by atoms with E-state index in [2.05, 4.69) is 10.3 Å². The zero-order valence-corrected chi connectivity index (χ0v) is 13.8. The minimum absolute atomic E-state index is 0.316. The van der Waals surface area contributed by atoms with Gasteiger partial charge < -0.3 is 10.1 Å². The summed E-state index contributed by atoms with van der Waals surface area (Å²) >= 11 is 0. The number of ether oxygens (including phenoxy) is 1. The van der Waals surface area contributed by atoms with Gasteiger partial charge in [-0.05, 0) is 55.7 Å². The molecule has 1 aromatic heterocycles. The largest absolute Gasteiger partial charge is 0.462 e. The molecule has 2 bridgehead atoms. The number of esters is 1. The maximum atomic E-state index is 13.5. The van der Waals surface area contributed by atoms with Gasteiger partial charge in [0.1, 0.15) is 5.82 Å². The number of anilines is 2. The zero-order chi connectivity index (χ0) is 17.6. The summed E-state index contributed by atoms with van der Waals surface area (Å²) in [5.41, 5.74) is 2.99. The number of halogens is 2.